The van der Waals surface area contributed by atoms with Crippen LogP contribution in [0.1, 0.15) is 20.7 Å². The highest BCUT2D eigenvalue weighted by Crippen LogP contribution is 2.10. The number of carboxylic acid groups (broad SMARTS) is 1. The van der Waals surface area contributed by atoms with Crippen LogP contribution in [0.2, 0.25) is 0 Å². The monoisotopic (exact) mass is 261 g/mol. The van der Waals surface area contributed by atoms with Gasteiger partial charge < -0.3 is 10.4 Å². The van der Waals surface area contributed by atoms with Crippen LogP contribution in [0, 0.1) is 5.95 Å². The number of rotatable bonds is 3. The number of aromatic nitrogens is 2. The van der Waals surface area contributed by atoms with Gasteiger partial charge in [0.05, 0.1) is 17.4 Å². The van der Waals surface area contributed by atoms with E-state index in [0.29, 0.717) is 0 Å². The maximum absolute atomic E-state index is 12.9. The highest BCUT2D eigenvalue weighted by molar-refractivity contribution is 6.04. The van der Waals surface area contributed by atoms with Gasteiger partial charge in [0.25, 0.3) is 5.91 Å². The zero-order valence-electron chi connectivity index (χ0n) is 9.50. The van der Waals surface area contributed by atoms with Crippen molar-refractivity contribution in [3.63, 3.8) is 0 Å². The van der Waals surface area contributed by atoms with Crippen molar-refractivity contribution in [2.45, 2.75) is 0 Å². The van der Waals surface area contributed by atoms with Gasteiger partial charge in [-0.25, -0.2) is 9.78 Å². The maximum Gasteiger partial charge on any atom is 0.337 e. The molecule has 0 saturated carbocycles. The Labute approximate surface area is 106 Å². The fourth-order valence-electron chi connectivity index (χ4n) is 1.37. The Hall–Kier alpha value is -2.83. The summed E-state index contributed by atoms with van der Waals surface area (Å²) in [7, 11) is 0. The summed E-state index contributed by atoms with van der Waals surface area (Å²) in [6.45, 7) is 0. The van der Waals surface area contributed by atoms with Gasteiger partial charge in [0, 0.05) is 24.0 Å². The third-order valence-corrected chi connectivity index (χ3v) is 2.23. The lowest BCUT2D eigenvalue weighted by molar-refractivity contribution is 0.0696. The topological polar surface area (TPSA) is 92.2 Å². The average molecular weight is 261 g/mol. The number of hydrogen-bond donors (Lipinski definition) is 2. The number of aromatic carboxylic acids is 1. The summed E-state index contributed by atoms with van der Waals surface area (Å²) >= 11 is 0. The first-order valence-electron chi connectivity index (χ1n) is 5.17. The number of nitrogens with one attached hydrogen (secondary N) is 1. The van der Waals surface area contributed by atoms with Crippen LogP contribution in [0.25, 0.3) is 0 Å². The van der Waals surface area contributed by atoms with Gasteiger partial charge in [-0.1, -0.05) is 0 Å². The van der Waals surface area contributed by atoms with E-state index in [9.17, 15) is 14.0 Å². The van der Waals surface area contributed by atoms with Crippen molar-refractivity contribution in [2.24, 2.45) is 0 Å². The molecular formula is C12H8FN3O3. The van der Waals surface area contributed by atoms with Crippen molar-refractivity contribution in [2.75, 3.05) is 5.32 Å². The van der Waals surface area contributed by atoms with E-state index >= 15 is 0 Å². The molecule has 0 atom stereocenters. The molecule has 0 aliphatic heterocycles. The lowest BCUT2D eigenvalue weighted by Gasteiger charge is -2.05. The first-order valence-corrected chi connectivity index (χ1v) is 5.17. The van der Waals surface area contributed by atoms with Crippen LogP contribution in [-0.4, -0.2) is 27.0 Å². The number of halogens is 1. The summed E-state index contributed by atoms with van der Waals surface area (Å²) in [4.78, 5) is 29.5. The molecule has 0 unspecified atom stereocenters. The van der Waals surface area contributed by atoms with Crippen molar-refractivity contribution in [3.05, 3.63) is 53.9 Å². The number of carboxylic acids is 1. The molecule has 6 nitrogen and oxygen atoms in total. The normalized spacial score (nSPS) is 9.95. The van der Waals surface area contributed by atoms with E-state index in [2.05, 4.69) is 15.3 Å². The number of pyridine rings is 2. The van der Waals surface area contributed by atoms with E-state index in [-0.39, 0.29) is 16.8 Å². The molecule has 0 saturated heterocycles. The number of anilines is 1. The second-order valence-corrected chi connectivity index (χ2v) is 3.59. The molecule has 0 aliphatic rings. The molecule has 0 bridgehead atoms. The molecule has 1 amide bonds. The summed E-state index contributed by atoms with van der Waals surface area (Å²) in [6, 6.07) is 3.57. The predicted molar refractivity (Wildman–Crippen MR) is 63.3 cm³/mol. The quantitative estimate of drug-likeness (QED) is 0.818. The molecule has 0 radical (unpaired) electrons. The standard InChI is InChI=1S/C12H8FN3O3/c13-10-4-7(1-2-15-10)11(17)16-9-3-8(12(18)19)5-14-6-9/h1-6H,(H,16,17)(H,18,19). The molecule has 2 N–H and O–H groups in total. The second-order valence-electron chi connectivity index (χ2n) is 3.59. The van der Waals surface area contributed by atoms with Gasteiger partial charge in [-0.3, -0.25) is 9.78 Å². The highest BCUT2D eigenvalue weighted by atomic mass is 19.1. The molecule has 0 fully saturated rings. The molecule has 0 aliphatic carbocycles. The van der Waals surface area contributed by atoms with Gasteiger partial charge in [-0.05, 0) is 12.1 Å². The summed E-state index contributed by atoms with van der Waals surface area (Å²) in [5.41, 5.74) is 0.231. The summed E-state index contributed by atoms with van der Waals surface area (Å²) < 4.78 is 12.9. The van der Waals surface area contributed by atoms with Crippen molar-refractivity contribution < 1.29 is 19.1 Å². The molecule has 96 valence electrons. The van der Waals surface area contributed by atoms with Gasteiger partial charge in [0.2, 0.25) is 5.95 Å². The Morgan fingerprint density at radius 1 is 1.21 bits per heavy atom. The smallest absolute Gasteiger partial charge is 0.337 e. The molecule has 2 aromatic heterocycles. The minimum atomic E-state index is -1.15. The van der Waals surface area contributed by atoms with Crippen LogP contribution < -0.4 is 5.32 Å². The Balaban J connectivity index is 2.19. The number of nitrogens with zero attached hydrogens (tertiary/aromatic N) is 2. The van der Waals surface area contributed by atoms with Crippen LogP contribution in [0.4, 0.5) is 10.1 Å². The lowest BCUT2D eigenvalue weighted by Crippen LogP contribution is -2.13. The van der Waals surface area contributed by atoms with Crippen molar-refractivity contribution >= 4 is 17.6 Å². The number of amides is 1. The minimum absolute atomic E-state index is 0.0568. The fraction of sp³-hybridized carbons (Fsp3) is 0. The maximum atomic E-state index is 12.9. The summed E-state index contributed by atoms with van der Waals surface area (Å²) in [6.07, 6.45) is 3.61. The number of carbonyl (C=O) groups is 2. The second kappa shape index (κ2) is 5.21. The van der Waals surface area contributed by atoms with Crippen LogP contribution >= 0.6 is 0 Å². The number of hydrogen-bond acceptors (Lipinski definition) is 4. The third kappa shape index (κ3) is 3.09. The van der Waals surface area contributed by atoms with Gasteiger partial charge in [-0.15, -0.1) is 0 Å². The summed E-state index contributed by atoms with van der Waals surface area (Å²) in [5.74, 6) is -2.51. The molecule has 2 aromatic rings. The zero-order valence-corrected chi connectivity index (χ0v) is 9.50. The minimum Gasteiger partial charge on any atom is -0.478 e. The Morgan fingerprint density at radius 3 is 2.68 bits per heavy atom. The molecule has 2 heterocycles. The number of carbonyl (C=O) groups excluding carboxylic acids is 1. The molecule has 0 spiro atoms. The first-order chi connectivity index (χ1) is 9.06. The average Bonchev–Trinajstić information content (AvgIpc) is 2.39. The Bertz CT molecular complexity index is 646. The van der Waals surface area contributed by atoms with E-state index in [1.165, 1.54) is 18.3 Å². The Kier molecular flexibility index (Phi) is 3.46. The van der Waals surface area contributed by atoms with E-state index < -0.39 is 17.8 Å². The van der Waals surface area contributed by atoms with E-state index in [4.69, 9.17) is 5.11 Å². The molecule has 2 rings (SSSR count). The van der Waals surface area contributed by atoms with Crippen molar-refractivity contribution in [1.29, 1.82) is 0 Å². The highest BCUT2D eigenvalue weighted by Gasteiger charge is 2.09. The van der Waals surface area contributed by atoms with Gasteiger partial charge in [-0.2, -0.15) is 4.39 Å². The van der Waals surface area contributed by atoms with Crippen LogP contribution in [-0.2, 0) is 0 Å². The molecular weight excluding hydrogens is 253 g/mol. The largest absolute Gasteiger partial charge is 0.478 e. The predicted octanol–water partition coefficient (Wildman–Crippen LogP) is 1.57. The fourth-order valence-corrected chi connectivity index (χ4v) is 1.37. The third-order valence-electron chi connectivity index (χ3n) is 2.23. The van der Waals surface area contributed by atoms with Crippen LogP contribution in [0.3, 0.4) is 0 Å². The summed E-state index contributed by atoms with van der Waals surface area (Å²) in [5, 5.41) is 11.2. The Morgan fingerprint density at radius 2 is 2.00 bits per heavy atom. The van der Waals surface area contributed by atoms with Crippen LogP contribution in [0.15, 0.2) is 36.8 Å². The van der Waals surface area contributed by atoms with Gasteiger partial charge >= 0.3 is 5.97 Å². The SMILES string of the molecule is O=C(O)c1cncc(NC(=O)c2ccnc(F)c2)c1. The van der Waals surface area contributed by atoms with E-state index in [1.54, 1.807) is 0 Å². The first kappa shape index (κ1) is 12.6. The molecule has 19 heavy (non-hydrogen) atoms. The lowest BCUT2D eigenvalue weighted by atomic mass is 10.2. The van der Waals surface area contributed by atoms with Gasteiger partial charge in [0.1, 0.15) is 0 Å². The van der Waals surface area contributed by atoms with Crippen LogP contribution in [0.5, 0.6) is 0 Å². The van der Waals surface area contributed by atoms with Gasteiger partial charge in [0.15, 0.2) is 0 Å². The van der Waals surface area contributed by atoms with Crippen molar-refractivity contribution in [3.8, 4) is 0 Å². The zero-order chi connectivity index (χ0) is 13.8. The van der Waals surface area contributed by atoms with Crippen molar-refractivity contribution in [1.82, 2.24) is 9.97 Å². The van der Waals surface area contributed by atoms with E-state index in [0.717, 1.165) is 18.5 Å². The van der Waals surface area contributed by atoms with E-state index in [1.807, 2.05) is 0 Å². The molecule has 0 aromatic carbocycles. The molecule has 7 heteroatoms.